The predicted octanol–water partition coefficient (Wildman–Crippen LogP) is 2.87. The highest BCUT2D eigenvalue weighted by Crippen LogP contribution is 2.28. The fraction of sp³-hybridized carbons (Fsp3) is 0.333. The van der Waals surface area contributed by atoms with Gasteiger partial charge in [0.2, 0.25) is 11.8 Å². The third-order valence-electron chi connectivity index (χ3n) is 4.65. The lowest BCUT2D eigenvalue weighted by atomic mass is 10.1. The van der Waals surface area contributed by atoms with Crippen LogP contribution in [0.1, 0.15) is 48.9 Å². The zero-order chi connectivity index (χ0) is 23.7. The third-order valence-corrected chi connectivity index (χ3v) is 4.65. The van der Waals surface area contributed by atoms with Crippen molar-refractivity contribution < 1.29 is 28.7 Å². The topological polar surface area (TPSA) is 111 Å². The molecular formula is C24H28N2O6. The Hall–Kier alpha value is -3.68. The van der Waals surface area contributed by atoms with Gasteiger partial charge in [0.05, 0.1) is 0 Å². The monoisotopic (exact) mass is 440 g/mol. The molecule has 2 aromatic carbocycles. The molecule has 0 atom stereocenters. The Labute approximate surface area is 187 Å². The van der Waals surface area contributed by atoms with E-state index in [4.69, 9.17) is 9.47 Å². The van der Waals surface area contributed by atoms with E-state index in [0.717, 1.165) is 11.1 Å². The quantitative estimate of drug-likeness (QED) is 0.458. The third kappa shape index (κ3) is 8.22. The van der Waals surface area contributed by atoms with Gasteiger partial charge in [0.15, 0.2) is 11.5 Å². The van der Waals surface area contributed by atoms with Gasteiger partial charge in [-0.3, -0.25) is 19.2 Å². The van der Waals surface area contributed by atoms with Crippen molar-refractivity contribution in [3.63, 3.8) is 0 Å². The standard InChI is InChI=1S/C24H28N2O6/c1-15-5-6-19(11-16(15)2)13-25-23(29)9-10-24(30)26-14-20-7-8-21(31-17(3)27)22(12-20)32-18(4)28/h5-8,11-12H,9-10,13-14H2,1-4H3,(H,25,29)(H,26,30). The molecule has 8 nitrogen and oxygen atoms in total. The van der Waals surface area contributed by atoms with Crippen LogP contribution < -0.4 is 20.1 Å². The van der Waals surface area contributed by atoms with E-state index in [1.54, 1.807) is 6.07 Å². The van der Waals surface area contributed by atoms with Crippen molar-refractivity contribution in [1.82, 2.24) is 10.6 Å². The minimum Gasteiger partial charge on any atom is -0.423 e. The first kappa shape index (κ1) is 24.6. The summed E-state index contributed by atoms with van der Waals surface area (Å²) in [6, 6.07) is 10.6. The molecule has 170 valence electrons. The molecule has 2 rings (SSSR count). The summed E-state index contributed by atoms with van der Waals surface area (Å²) in [4.78, 5) is 46.6. The molecule has 0 saturated carbocycles. The predicted molar refractivity (Wildman–Crippen MR) is 118 cm³/mol. The lowest BCUT2D eigenvalue weighted by Crippen LogP contribution is -2.27. The van der Waals surface area contributed by atoms with Crippen molar-refractivity contribution in [2.24, 2.45) is 0 Å². The number of rotatable bonds is 9. The number of benzene rings is 2. The Kier molecular flexibility index (Phi) is 8.95. The van der Waals surface area contributed by atoms with Crippen LogP contribution in [-0.2, 0) is 32.3 Å². The Bertz CT molecular complexity index is 1020. The average Bonchev–Trinajstić information content (AvgIpc) is 2.72. The highest BCUT2D eigenvalue weighted by molar-refractivity contribution is 5.83. The molecule has 0 aliphatic rings. The minimum atomic E-state index is -0.564. The summed E-state index contributed by atoms with van der Waals surface area (Å²) >= 11 is 0. The Morgan fingerprint density at radius 3 is 1.72 bits per heavy atom. The van der Waals surface area contributed by atoms with Crippen molar-refractivity contribution in [2.45, 2.75) is 53.6 Å². The van der Waals surface area contributed by atoms with E-state index < -0.39 is 11.9 Å². The Morgan fingerprint density at radius 2 is 1.19 bits per heavy atom. The van der Waals surface area contributed by atoms with Crippen LogP contribution in [0.2, 0.25) is 0 Å². The molecule has 0 aliphatic heterocycles. The molecule has 0 aromatic heterocycles. The van der Waals surface area contributed by atoms with Crippen LogP contribution in [0.5, 0.6) is 11.5 Å². The van der Waals surface area contributed by atoms with Gasteiger partial charge in [-0.25, -0.2) is 0 Å². The molecular weight excluding hydrogens is 412 g/mol. The largest absolute Gasteiger partial charge is 0.423 e. The van der Waals surface area contributed by atoms with Crippen LogP contribution in [0.15, 0.2) is 36.4 Å². The van der Waals surface area contributed by atoms with Gasteiger partial charge in [0.1, 0.15) is 0 Å². The number of hydrogen-bond acceptors (Lipinski definition) is 6. The van der Waals surface area contributed by atoms with Crippen LogP contribution in [0.25, 0.3) is 0 Å². The van der Waals surface area contributed by atoms with E-state index in [9.17, 15) is 19.2 Å². The fourth-order valence-electron chi connectivity index (χ4n) is 2.85. The number of amides is 2. The van der Waals surface area contributed by atoms with Crippen LogP contribution in [0, 0.1) is 13.8 Å². The summed E-state index contributed by atoms with van der Waals surface area (Å²) in [5.41, 5.74) is 4.00. The fourth-order valence-corrected chi connectivity index (χ4v) is 2.85. The van der Waals surface area contributed by atoms with E-state index in [1.807, 2.05) is 32.0 Å². The molecule has 0 saturated heterocycles. The normalized spacial score (nSPS) is 10.2. The van der Waals surface area contributed by atoms with Gasteiger partial charge >= 0.3 is 11.9 Å². The van der Waals surface area contributed by atoms with Crippen molar-refractivity contribution in [2.75, 3.05) is 0 Å². The maximum Gasteiger partial charge on any atom is 0.308 e. The Balaban J connectivity index is 1.81. The van der Waals surface area contributed by atoms with Gasteiger partial charge in [0, 0.05) is 39.8 Å². The number of carbonyl (C=O) groups is 4. The highest BCUT2D eigenvalue weighted by atomic mass is 16.6. The van der Waals surface area contributed by atoms with Crippen molar-refractivity contribution in [1.29, 1.82) is 0 Å². The van der Waals surface area contributed by atoms with Gasteiger partial charge in [0.25, 0.3) is 0 Å². The van der Waals surface area contributed by atoms with E-state index in [0.29, 0.717) is 12.1 Å². The zero-order valence-electron chi connectivity index (χ0n) is 18.7. The molecule has 2 amide bonds. The first-order chi connectivity index (χ1) is 15.1. The summed E-state index contributed by atoms with van der Waals surface area (Å²) in [5, 5.41) is 5.53. The van der Waals surface area contributed by atoms with Gasteiger partial charge in [-0.1, -0.05) is 24.3 Å². The van der Waals surface area contributed by atoms with E-state index in [2.05, 4.69) is 10.6 Å². The van der Waals surface area contributed by atoms with Crippen LogP contribution >= 0.6 is 0 Å². The number of esters is 2. The van der Waals surface area contributed by atoms with Crippen molar-refractivity contribution in [3.8, 4) is 11.5 Å². The Morgan fingerprint density at radius 1 is 0.688 bits per heavy atom. The first-order valence-electron chi connectivity index (χ1n) is 10.2. The van der Waals surface area contributed by atoms with Gasteiger partial charge in [-0.05, 0) is 48.2 Å². The SMILES string of the molecule is CC(=O)Oc1ccc(CNC(=O)CCC(=O)NCc2ccc(C)c(C)c2)cc1OC(C)=O. The lowest BCUT2D eigenvalue weighted by Gasteiger charge is -2.11. The number of ether oxygens (including phenoxy) is 2. The van der Waals surface area contributed by atoms with Crippen LogP contribution in [0.4, 0.5) is 0 Å². The molecule has 32 heavy (non-hydrogen) atoms. The van der Waals surface area contributed by atoms with Crippen molar-refractivity contribution in [3.05, 3.63) is 58.7 Å². The van der Waals surface area contributed by atoms with Gasteiger partial charge < -0.3 is 20.1 Å². The smallest absolute Gasteiger partial charge is 0.308 e. The van der Waals surface area contributed by atoms with E-state index in [1.165, 1.54) is 31.5 Å². The molecule has 2 N–H and O–H groups in total. The molecule has 0 unspecified atom stereocenters. The number of hydrogen-bond donors (Lipinski definition) is 2. The number of aryl methyl sites for hydroxylation is 2. The zero-order valence-corrected chi connectivity index (χ0v) is 18.7. The minimum absolute atomic E-state index is 0.0428. The molecule has 0 heterocycles. The summed E-state index contributed by atoms with van der Waals surface area (Å²) in [7, 11) is 0. The number of nitrogens with one attached hydrogen (secondary N) is 2. The summed E-state index contributed by atoms with van der Waals surface area (Å²) in [5.74, 6) is -1.40. The molecule has 0 radical (unpaired) electrons. The van der Waals surface area contributed by atoms with Gasteiger partial charge in [-0.15, -0.1) is 0 Å². The molecule has 0 aliphatic carbocycles. The molecule has 2 aromatic rings. The highest BCUT2D eigenvalue weighted by Gasteiger charge is 2.12. The second kappa shape index (κ2) is 11.6. The average molecular weight is 440 g/mol. The maximum absolute atomic E-state index is 12.1. The van der Waals surface area contributed by atoms with Crippen molar-refractivity contribution >= 4 is 23.8 Å². The second-order valence-corrected chi connectivity index (χ2v) is 7.44. The molecule has 0 fully saturated rings. The molecule has 0 bridgehead atoms. The molecule has 0 spiro atoms. The van der Waals surface area contributed by atoms with E-state index >= 15 is 0 Å². The summed E-state index contributed by atoms with van der Waals surface area (Å²) < 4.78 is 10.1. The summed E-state index contributed by atoms with van der Waals surface area (Å²) in [6.45, 7) is 7.10. The van der Waals surface area contributed by atoms with Gasteiger partial charge in [-0.2, -0.15) is 0 Å². The summed E-state index contributed by atoms with van der Waals surface area (Å²) in [6.07, 6.45) is 0.113. The first-order valence-corrected chi connectivity index (χ1v) is 10.2. The maximum atomic E-state index is 12.1. The van der Waals surface area contributed by atoms with Crippen LogP contribution in [0.3, 0.4) is 0 Å². The molecule has 8 heteroatoms. The number of carbonyl (C=O) groups excluding carboxylic acids is 4. The second-order valence-electron chi connectivity index (χ2n) is 7.44. The van der Waals surface area contributed by atoms with Crippen LogP contribution in [-0.4, -0.2) is 23.8 Å². The lowest BCUT2D eigenvalue weighted by molar-refractivity contribution is -0.134. The van der Waals surface area contributed by atoms with E-state index in [-0.39, 0.29) is 42.7 Å².